The summed E-state index contributed by atoms with van der Waals surface area (Å²) in [6.45, 7) is 3.25. The van der Waals surface area contributed by atoms with Gasteiger partial charge in [-0.25, -0.2) is 0 Å². The van der Waals surface area contributed by atoms with Gasteiger partial charge < -0.3 is 15.8 Å². The van der Waals surface area contributed by atoms with Crippen molar-refractivity contribution >= 4 is 5.91 Å². The molecule has 3 N–H and O–H groups in total. The zero-order chi connectivity index (χ0) is 12.0. The van der Waals surface area contributed by atoms with E-state index in [1.807, 2.05) is 0 Å². The number of carbonyl (C=O) groups excluding carboxylic acids is 1. The molecule has 94 valence electrons. The molecule has 1 unspecified atom stereocenters. The Morgan fingerprint density at radius 2 is 2.25 bits per heavy atom. The second kappa shape index (κ2) is 6.21. The van der Waals surface area contributed by atoms with Crippen molar-refractivity contribution in [3.8, 4) is 0 Å². The Hall–Kier alpha value is -0.610. The first kappa shape index (κ1) is 13.5. The highest BCUT2D eigenvalue weighted by atomic mass is 16.5. The van der Waals surface area contributed by atoms with Crippen LogP contribution in [-0.4, -0.2) is 32.2 Å². The van der Waals surface area contributed by atoms with Crippen LogP contribution in [0, 0.1) is 5.41 Å². The number of carbonyl (C=O) groups is 1. The van der Waals surface area contributed by atoms with Gasteiger partial charge in [0.1, 0.15) is 6.04 Å². The summed E-state index contributed by atoms with van der Waals surface area (Å²) >= 11 is 0. The molecule has 0 spiro atoms. The lowest BCUT2D eigenvalue weighted by Crippen LogP contribution is -2.49. The van der Waals surface area contributed by atoms with E-state index in [9.17, 15) is 4.79 Å². The van der Waals surface area contributed by atoms with Gasteiger partial charge in [-0.15, -0.1) is 0 Å². The molecule has 0 heterocycles. The number of nitrogens with two attached hydrogens (primary N) is 1. The molecule has 1 amide bonds. The summed E-state index contributed by atoms with van der Waals surface area (Å²) in [6, 6.07) is -0.538. The van der Waals surface area contributed by atoms with Gasteiger partial charge in [0.15, 0.2) is 0 Å². The van der Waals surface area contributed by atoms with Crippen molar-refractivity contribution in [3.05, 3.63) is 0 Å². The minimum Gasteiger partial charge on any atom is -0.383 e. The van der Waals surface area contributed by atoms with E-state index in [1.165, 1.54) is 32.1 Å². The molecule has 0 aromatic heterocycles. The van der Waals surface area contributed by atoms with Crippen LogP contribution in [-0.2, 0) is 9.53 Å². The first-order chi connectivity index (χ1) is 7.63. The molecule has 0 bridgehead atoms. The molecule has 4 heteroatoms. The van der Waals surface area contributed by atoms with E-state index in [-0.39, 0.29) is 12.5 Å². The highest BCUT2D eigenvalue weighted by Gasteiger charge is 2.36. The molecule has 0 saturated heterocycles. The summed E-state index contributed by atoms with van der Waals surface area (Å²) in [7, 11) is 1.55. The predicted octanol–water partition coefficient (Wildman–Crippen LogP) is 1.05. The summed E-state index contributed by atoms with van der Waals surface area (Å²) in [4.78, 5) is 11.6. The molecule has 1 atom stereocenters. The fourth-order valence-corrected chi connectivity index (χ4v) is 2.38. The first-order valence-corrected chi connectivity index (χ1v) is 6.16. The zero-order valence-electron chi connectivity index (χ0n) is 10.4. The van der Waals surface area contributed by atoms with Gasteiger partial charge in [0, 0.05) is 13.7 Å². The van der Waals surface area contributed by atoms with E-state index in [1.54, 1.807) is 7.11 Å². The minimum absolute atomic E-state index is 0.0933. The van der Waals surface area contributed by atoms with Crippen LogP contribution in [0.4, 0.5) is 0 Å². The highest BCUT2D eigenvalue weighted by Crippen LogP contribution is 2.44. The quantitative estimate of drug-likeness (QED) is 0.684. The largest absolute Gasteiger partial charge is 0.383 e. The van der Waals surface area contributed by atoms with Crippen LogP contribution in [0.3, 0.4) is 0 Å². The van der Waals surface area contributed by atoms with E-state index in [4.69, 9.17) is 10.5 Å². The van der Waals surface area contributed by atoms with E-state index in [0.29, 0.717) is 5.41 Å². The van der Waals surface area contributed by atoms with E-state index >= 15 is 0 Å². The lowest BCUT2D eigenvalue weighted by atomic mass is 9.66. The van der Waals surface area contributed by atoms with E-state index < -0.39 is 6.04 Å². The minimum atomic E-state index is -0.538. The maximum atomic E-state index is 11.6. The second-order valence-corrected chi connectivity index (χ2v) is 4.88. The van der Waals surface area contributed by atoms with Crippen molar-refractivity contribution in [3.63, 3.8) is 0 Å². The van der Waals surface area contributed by atoms with Crippen LogP contribution in [0.2, 0.25) is 0 Å². The van der Waals surface area contributed by atoms with Gasteiger partial charge in [-0.1, -0.05) is 19.8 Å². The SMILES string of the molecule is CCCC1(CNC(=O)C(N)COC)CCC1. The lowest BCUT2D eigenvalue weighted by molar-refractivity contribution is -0.124. The Bertz CT molecular complexity index is 227. The average molecular weight is 228 g/mol. The second-order valence-electron chi connectivity index (χ2n) is 4.88. The summed E-state index contributed by atoms with van der Waals surface area (Å²) < 4.78 is 4.86. The lowest BCUT2D eigenvalue weighted by Gasteiger charge is -2.42. The van der Waals surface area contributed by atoms with Crippen molar-refractivity contribution in [2.75, 3.05) is 20.3 Å². The fourth-order valence-electron chi connectivity index (χ4n) is 2.38. The standard InChI is InChI=1S/C12H24N2O2/c1-3-5-12(6-4-7-12)9-14-11(15)10(13)8-16-2/h10H,3-9,13H2,1-2H3,(H,14,15). The van der Waals surface area contributed by atoms with Crippen LogP contribution < -0.4 is 11.1 Å². The number of ether oxygens (including phenoxy) is 1. The van der Waals surface area contributed by atoms with Gasteiger partial charge in [0.25, 0.3) is 0 Å². The molecule has 0 aromatic carbocycles. The number of amides is 1. The number of rotatable bonds is 7. The van der Waals surface area contributed by atoms with Crippen LogP contribution >= 0.6 is 0 Å². The van der Waals surface area contributed by atoms with Crippen molar-refractivity contribution < 1.29 is 9.53 Å². The third kappa shape index (κ3) is 3.46. The van der Waals surface area contributed by atoms with Crippen LogP contribution in [0.25, 0.3) is 0 Å². The molecular weight excluding hydrogens is 204 g/mol. The van der Waals surface area contributed by atoms with Crippen LogP contribution in [0.5, 0.6) is 0 Å². The maximum absolute atomic E-state index is 11.6. The zero-order valence-corrected chi connectivity index (χ0v) is 10.4. The molecule has 1 aliphatic carbocycles. The number of hydrogen-bond donors (Lipinski definition) is 2. The van der Waals surface area contributed by atoms with Gasteiger partial charge in [-0.2, -0.15) is 0 Å². The van der Waals surface area contributed by atoms with Crippen molar-refractivity contribution in [2.24, 2.45) is 11.1 Å². The first-order valence-electron chi connectivity index (χ1n) is 6.16. The highest BCUT2D eigenvalue weighted by molar-refractivity contribution is 5.81. The Balaban J connectivity index is 2.29. The number of nitrogens with one attached hydrogen (secondary N) is 1. The van der Waals surface area contributed by atoms with Crippen molar-refractivity contribution in [2.45, 2.75) is 45.1 Å². The molecule has 4 nitrogen and oxygen atoms in total. The summed E-state index contributed by atoms with van der Waals surface area (Å²) in [6.07, 6.45) is 6.15. The Morgan fingerprint density at radius 1 is 1.56 bits per heavy atom. The summed E-state index contributed by atoms with van der Waals surface area (Å²) in [5.41, 5.74) is 6.01. The molecule has 16 heavy (non-hydrogen) atoms. The van der Waals surface area contributed by atoms with Gasteiger partial charge in [0.2, 0.25) is 5.91 Å². The maximum Gasteiger partial charge on any atom is 0.239 e. The Morgan fingerprint density at radius 3 is 2.69 bits per heavy atom. The number of methoxy groups -OCH3 is 1. The Labute approximate surface area is 97.9 Å². The van der Waals surface area contributed by atoms with Crippen LogP contribution in [0.1, 0.15) is 39.0 Å². The van der Waals surface area contributed by atoms with E-state index in [0.717, 1.165) is 6.54 Å². The molecule has 1 rings (SSSR count). The van der Waals surface area contributed by atoms with Crippen LogP contribution in [0.15, 0.2) is 0 Å². The third-order valence-corrected chi connectivity index (χ3v) is 3.52. The normalized spacial score (nSPS) is 19.9. The predicted molar refractivity (Wildman–Crippen MR) is 64.1 cm³/mol. The number of hydrogen-bond acceptors (Lipinski definition) is 3. The molecule has 0 aliphatic heterocycles. The molecule has 1 saturated carbocycles. The molecular formula is C12H24N2O2. The smallest absolute Gasteiger partial charge is 0.239 e. The average Bonchev–Trinajstić information content (AvgIpc) is 2.21. The fraction of sp³-hybridized carbons (Fsp3) is 0.917. The summed E-state index contributed by atoms with van der Waals surface area (Å²) in [5.74, 6) is -0.0933. The summed E-state index contributed by atoms with van der Waals surface area (Å²) in [5, 5.41) is 2.95. The van der Waals surface area contributed by atoms with Crippen molar-refractivity contribution in [1.29, 1.82) is 0 Å². The topological polar surface area (TPSA) is 64.4 Å². The molecule has 1 fully saturated rings. The third-order valence-electron chi connectivity index (χ3n) is 3.52. The Kier molecular flexibility index (Phi) is 5.22. The van der Waals surface area contributed by atoms with Crippen molar-refractivity contribution in [1.82, 2.24) is 5.32 Å². The molecule has 1 aliphatic rings. The van der Waals surface area contributed by atoms with Gasteiger partial charge in [-0.05, 0) is 24.7 Å². The monoisotopic (exact) mass is 228 g/mol. The molecule has 0 aromatic rings. The van der Waals surface area contributed by atoms with Gasteiger partial charge >= 0.3 is 0 Å². The van der Waals surface area contributed by atoms with Gasteiger partial charge in [-0.3, -0.25) is 4.79 Å². The molecule has 0 radical (unpaired) electrons. The van der Waals surface area contributed by atoms with Gasteiger partial charge in [0.05, 0.1) is 6.61 Å². The van der Waals surface area contributed by atoms with E-state index in [2.05, 4.69) is 12.2 Å².